The average Bonchev–Trinajstić information content (AvgIpc) is 3.15. The van der Waals surface area contributed by atoms with Crippen LogP contribution in [0.25, 0.3) is 0 Å². The van der Waals surface area contributed by atoms with E-state index in [1.165, 1.54) is 4.31 Å². The number of hydrogen-bond donors (Lipinski definition) is 0. The van der Waals surface area contributed by atoms with E-state index >= 15 is 0 Å². The lowest BCUT2D eigenvalue weighted by Gasteiger charge is -2.30. The summed E-state index contributed by atoms with van der Waals surface area (Å²) in [4.78, 5) is 19.3. The molecule has 162 valence electrons. The Labute approximate surface area is 176 Å². The molecule has 0 aliphatic carbocycles. The van der Waals surface area contributed by atoms with Gasteiger partial charge in [-0.25, -0.2) is 13.4 Å². The van der Waals surface area contributed by atoms with Crippen molar-refractivity contribution in [2.45, 2.75) is 37.5 Å². The van der Waals surface area contributed by atoms with Crippen LogP contribution in [-0.2, 0) is 14.8 Å². The molecule has 30 heavy (non-hydrogen) atoms. The molecule has 0 radical (unpaired) electrons. The summed E-state index contributed by atoms with van der Waals surface area (Å²) in [6, 6.07) is 7.04. The van der Waals surface area contributed by atoms with Gasteiger partial charge in [-0.3, -0.25) is 4.79 Å². The van der Waals surface area contributed by atoms with E-state index in [2.05, 4.69) is 4.98 Å². The number of carbonyl (C=O) groups excluding carboxylic acids is 1. The van der Waals surface area contributed by atoms with Crippen molar-refractivity contribution in [3.05, 3.63) is 47.2 Å². The van der Waals surface area contributed by atoms with Gasteiger partial charge in [-0.1, -0.05) is 18.2 Å². The third-order valence-corrected chi connectivity index (χ3v) is 7.89. The summed E-state index contributed by atoms with van der Waals surface area (Å²) in [5, 5.41) is 0. The summed E-state index contributed by atoms with van der Waals surface area (Å²) in [5.41, 5.74) is 1.09. The van der Waals surface area contributed by atoms with Crippen molar-refractivity contribution in [2.75, 3.05) is 39.4 Å². The summed E-state index contributed by atoms with van der Waals surface area (Å²) < 4.78 is 38.7. The predicted molar refractivity (Wildman–Crippen MR) is 110 cm³/mol. The normalized spacial score (nSPS) is 19.2. The lowest BCUT2D eigenvalue weighted by Crippen LogP contribution is -2.41. The number of rotatable bonds is 4. The number of sulfonamides is 1. The van der Waals surface area contributed by atoms with Crippen molar-refractivity contribution >= 4 is 15.9 Å². The second-order valence-electron chi connectivity index (χ2n) is 7.81. The molecule has 2 aromatic rings. The number of hydrogen-bond acceptors (Lipinski definition) is 6. The molecule has 4 rings (SSSR count). The summed E-state index contributed by atoms with van der Waals surface area (Å²) in [7, 11) is -3.52. The molecule has 8 nitrogen and oxygen atoms in total. The van der Waals surface area contributed by atoms with Gasteiger partial charge in [0.15, 0.2) is 11.6 Å². The highest BCUT2D eigenvalue weighted by Gasteiger charge is 2.33. The van der Waals surface area contributed by atoms with Crippen LogP contribution in [0.15, 0.2) is 33.6 Å². The molecule has 3 heterocycles. The van der Waals surface area contributed by atoms with Gasteiger partial charge in [-0.2, -0.15) is 4.31 Å². The molecule has 0 saturated carbocycles. The summed E-state index contributed by atoms with van der Waals surface area (Å²) in [6.45, 7) is 6.52. The predicted octanol–water partition coefficient (Wildman–Crippen LogP) is 2.33. The van der Waals surface area contributed by atoms with E-state index in [9.17, 15) is 13.2 Å². The van der Waals surface area contributed by atoms with Crippen LogP contribution in [0, 0.1) is 13.8 Å². The van der Waals surface area contributed by atoms with E-state index in [-0.39, 0.29) is 11.8 Å². The number of carbonyl (C=O) groups is 1. The Kier molecular flexibility index (Phi) is 5.95. The largest absolute Gasteiger partial charge is 0.445 e. The maximum atomic E-state index is 13.0. The number of benzene rings is 1. The zero-order valence-electron chi connectivity index (χ0n) is 17.3. The van der Waals surface area contributed by atoms with E-state index in [0.717, 1.165) is 5.56 Å². The summed E-state index contributed by atoms with van der Waals surface area (Å²) in [5.74, 6) is 0.900. The van der Waals surface area contributed by atoms with Gasteiger partial charge in [0.05, 0.1) is 18.1 Å². The van der Waals surface area contributed by atoms with Gasteiger partial charge in [0.25, 0.3) is 5.91 Å². The first-order valence-electron chi connectivity index (χ1n) is 10.3. The number of aromatic nitrogens is 1. The number of piperidine rings is 1. The second-order valence-corrected chi connectivity index (χ2v) is 9.71. The maximum Gasteiger partial charge on any atom is 0.276 e. The molecular weight excluding hydrogens is 406 g/mol. The number of aryl methyl sites for hydroxylation is 2. The standard InChI is InChI=1S/C21H27N3O5S/c1-15-5-3-4-6-18(15)30(26,27)24-9-7-17(8-10-24)20-22-19(16(2)29-20)21(25)23-11-13-28-14-12-23/h3-6,17H,7-14H2,1-2H3. The first kappa shape index (κ1) is 21.0. The molecule has 1 aromatic heterocycles. The average molecular weight is 434 g/mol. The molecule has 0 N–H and O–H groups in total. The van der Waals surface area contributed by atoms with E-state index in [1.54, 1.807) is 24.0 Å². The van der Waals surface area contributed by atoms with E-state index in [1.807, 2.05) is 19.1 Å². The van der Waals surface area contributed by atoms with E-state index in [4.69, 9.17) is 9.15 Å². The molecule has 2 aliphatic heterocycles. The number of nitrogens with zero attached hydrogens (tertiary/aromatic N) is 3. The van der Waals surface area contributed by atoms with Crippen LogP contribution in [0.5, 0.6) is 0 Å². The highest BCUT2D eigenvalue weighted by molar-refractivity contribution is 7.89. The molecule has 2 fully saturated rings. The molecule has 0 spiro atoms. The van der Waals surface area contributed by atoms with Crippen molar-refractivity contribution in [3.63, 3.8) is 0 Å². The van der Waals surface area contributed by atoms with Crippen molar-refractivity contribution in [1.29, 1.82) is 0 Å². The minimum absolute atomic E-state index is 0.00161. The molecule has 0 bridgehead atoms. The van der Waals surface area contributed by atoms with Crippen molar-refractivity contribution in [1.82, 2.24) is 14.2 Å². The quantitative estimate of drug-likeness (QED) is 0.735. The molecule has 1 aromatic carbocycles. The Morgan fingerprint density at radius 3 is 2.40 bits per heavy atom. The minimum Gasteiger partial charge on any atom is -0.445 e. The van der Waals surface area contributed by atoms with Gasteiger partial charge < -0.3 is 14.1 Å². The monoisotopic (exact) mass is 433 g/mol. The Morgan fingerprint density at radius 2 is 1.73 bits per heavy atom. The van der Waals surface area contributed by atoms with Crippen LogP contribution in [0.3, 0.4) is 0 Å². The van der Waals surface area contributed by atoms with Gasteiger partial charge in [0.2, 0.25) is 10.0 Å². The fourth-order valence-electron chi connectivity index (χ4n) is 4.03. The van der Waals surface area contributed by atoms with Gasteiger partial charge in [0, 0.05) is 32.1 Å². The number of amides is 1. The Bertz CT molecular complexity index is 1020. The van der Waals surface area contributed by atoms with Crippen LogP contribution in [-0.4, -0.2) is 67.9 Å². The van der Waals surface area contributed by atoms with Crippen LogP contribution in [0.2, 0.25) is 0 Å². The molecule has 1 amide bonds. The zero-order valence-corrected chi connectivity index (χ0v) is 18.2. The number of morpholine rings is 1. The highest BCUT2D eigenvalue weighted by Crippen LogP contribution is 2.32. The highest BCUT2D eigenvalue weighted by atomic mass is 32.2. The van der Waals surface area contributed by atoms with Crippen LogP contribution in [0.4, 0.5) is 0 Å². The van der Waals surface area contributed by atoms with E-state index in [0.29, 0.717) is 74.5 Å². The first-order chi connectivity index (χ1) is 14.4. The van der Waals surface area contributed by atoms with Gasteiger partial charge in [-0.05, 0) is 38.3 Å². The molecule has 0 unspecified atom stereocenters. The van der Waals surface area contributed by atoms with Gasteiger partial charge in [-0.15, -0.1) is 0 Å². The van der Waals surface area contributed by atoms with Crippen molar-refractivity contribution in [3.8, 4) is 0 Å². The molecule has 0 atom stereocenters. The molecule has 2 aliphatic rings. The topological polar surface area (TPSA) is 93.0 Å². The Morgan fingerprint density at radius 1 is 1.07 bits per heavy atom. The minimum atomic E-state index is -3.52. The summed E-state index contributed by atoms with van der Waals surface area (Å²) in [6.07, 6.45) is 1.21. The van der Waals surface area contributed by atoms with Crippen LogP contribution >= 0.6 is 0 Å². The fraction of sp³-hybridized carbons (Fsp3) is 0.524. The zero-order chi connectivity index (χ0) is 21.3. The second kappa shape index (κ2) is 8.49. The smallest absolute Gasteiger partial charge is 0.276 e. The van der Waals surface area contributed by atoms with Gasteiger partial charge >= 0.3 is 0 Å². The van der Waals surface area contributed by atoms with Gasteiger partial charge in [0.1, 0.15) is 5.76 Å². The first-order valence-corrected chi connectivity index (χ1v) is 11.7. The SMILES string of the molecule is Cc1ccccc1S(=O)(=O)N1CCC(c2nc(C(=O)N3CCOCC3)c(C)o2)CC1. The van der Waals surface area contributed by atoms with Crippen molar-refractivity contribution in [2.24, 2.45) is 0 Å². The fourth-order valence-corrected chi connectivity index (χ4v) is 5.73. The number of oxazole rings is 1. The molecule has 2 saturated heterocycles. The van der Waals surface area contributed by atoms with E-state index < -0.39 is 10.0 Å². The Balaban J connectivity index is 1.45. The van der Waals surface area contributed by atoms with Crippen molar-refractivity contribution < 1.29 is 22.4 Å². The Hall–Kier alpha value is -2.23. The number of ether oxygens (including phenoxy) is 1. The lowest BCUT2D eigenvalue weighted by atomic mass is 9.98. The third-order valence-electron chi connectivity index (χ3n) is 5.83. The van der Waals surface area contributed by atoms with Crippen LogP contribution in [0.1, 0.15) is 46.5 Å². The third kappa shape index (κ3) is 4.01. The maximum absolute atomic E-state index is 13.0. The molecule has 9 heteroatoms. The van der Waals surface area contributed by atoms with Crippen LogP contribution < -0.4 is 0 Å². The lowest BCUT2D eigenvalue weighted by molar-refractivity contribution is 0.0298. The summed E-state index contributed by atoms with van der Waals surface area (Å²) >= 11 is 0. The molecular formula is C21H27N3O5S.